The topological polar surface area (TPSA) is 501 Å². The Labute approximate surface area is 564 Å². The van der Waals surface area contributed by atoms with Gasteiger partial charge in [0.05, 0.1) is 62.9 Å². The predicted molar refractivity (Wildman–Crippen MR) is 248 cm³/mol. The van der Waals surface area contributed by atoms with Gasteiger partial charge in [0.15, 0.2) is 18.3 Å². The second kappa shape index (κ2) is 38.6. The zero-order valence-corrected chi connectivity index (χ0v) is 57.1. The van der Waals surface area contributed by atoms with Gasteiger partial charge in [-0.15, -0.1) is 24.3 Å². The van der Waals surface area contributed by atoms with Gasteiger partial charge in [0.25, 0.3) is 5.91 Å². The Bertz CT molecular complexity index is 2450. The molecule has 39 heteroatoms. The summed E-state index contributed by atoms with van der Waals surface area (Å²) in [5.74, 6) is -4.72. The van der Waals surface area contributed by atoms with Gasteiger partial charge in [-0.3, -0.25) is 27.4 Å². The van der Waals surface area contributed by atoms with Crippen LogP contribution in [0.2, 0.25) is 0 Å². The summed E-state index contributed by atoms with van der Waals surface area (Å²) in [6.07, 6.45) is -11.9. The number of carbonyl (C=O) groups is 4. The number of nitrogens with zero attached hydrogens (tertiary/aromatic N) is 3. The van der Waals surface area contributed by atoms with Crippen molar-refractivity contribution in [3.05, 3.63) is 11.9 Å². The average Bonchev–Trinajstić information content (AvgIpc) is 3.84. The molecule has 1 aromatic rings. The minimum atomic E-state index is -5.40. The number of carbonyl (C=O) groups excluding carboxylic acids is 4. The van der Waals surface area contributed by atoms with Crippen LogP contribution in [0.1, 0.15) is 102 Å². The molecule has 2 aliphatic heterocycles. The maximum Gasteiger partial charge on any atom is 1.00 e. The molecule has 4 fully saturated rings. The largest absolute Gasteiger partial charge is 1.00 e. The van der Waals surface area contributed by atoms with Crippen LogP contribution in [0.15, 0.2) is 6.20 Å². The average molecular weight is 1270 g/mol. The van der Waals surface area contributed by atoms with Crippen molar-refractivity contribution in [2.45, 2.75) is 178 Å². The Morgan fingerprint density at radius 2 is 1.48 bits per heavy atom. The number of carboxylic acid groups (broad SMARTS) is 1. The fourth-order valence-electron chi connectivity index (χ4n) is 9.86. The van der Waals surface area contributed by atoms with Crippen molar-refractivity contribution in [1.82, 2.24) is 25.6 Å². The number of Topliss-reactive ketones (excluding diaryl/α,β-unsaturated/α-hetero) is 1. The molecular weight excluding hydrogens is 1210 g/mol. The maximum atomic E-state index is 14.1. The van der Waals surface area contributed by atoms with Crippen molar-refractivity contribution in [1.29, 1.82) is 0 Å². The van der Waals surface area contributed by atoms with Crippen LogP contribution in [-0.2, 0) is 84.4 Å². The van der Waals surface area contributed by atoms with E-state index in [-0.39, 0.29) is 174 Å². The van der Waals surface area contributed by atoms with Gasteiger partial charge in [0, 0.05) is 31.2 Å². The van der Waals surface area contributed by atoms with Gasteiger partial charge in [0.1, 0.15) is 48.4 Å². The van der Waals surface area contributed by atoms with E-state index in [2.05, 4.69) is 29.3 Å². The van der Waals surface area contributed by atoms with Crippen molar-refractivity contribution in [3.8, 4) is 0 Å². The Kier molecular flexibility index (Phi) is 38.7. The number of ketones is 1. The molecule has 32 nitrogen and oxygen atoms in total. The summed E-state index contributed by atoms with van der Waals surface area (Å²) in [6, 6.07) is -1.43. The predicted octanol–water partition coefficient (Wildman–Crippen LogP) is -18.2. The van der Waals surface area contributed by atoms with Gasteiger partial charge in [-0.2, -0.15) is 0 Å². The molecule has 0 radical (unpaired) electrons. The van der Waals surface area contributed by atoms with Crippen LogP contribution in [0, 0.1) is 23.2 Å². The zero-order valence-electron chi connectivity index (χ0n) is 46.6. The molecule has 6 unspecified atom stereocenters. The monoisotopic (exact) mass is 1270 g/mol. The molecule has 7 N–H and O–H groups in total. The molecule has 15 atom stereocenters. The Balaban J connectivity index is 0.00000793. The van der Waals surface area contributed by atoms with E-state index < -0.39 is 179 Å². The maximum absolute atomic E-state index is 14.1. The van der Waals surface area contributed by atoms with Crippen LogP contribution in [0.25, 0.3) is 0 Å². The Morgan fingerprint density at radius 1 is 0.878 bits per heavy atom. The van der Waals surface area contributed by atoms with Crippen molar-refractivity contribution in [2.24, 2.45) is 23.2 Å². The summed E-state index contributed by atoms with van der Waals surface area (Å²) in [4.78, 5) is 52.5. The number of rotatable bonds is 27. The van der Waals surface area contributed by atoms with E-state index in [1.807, 2.05) is 0 Å². The van der Waals surface area contributed by atoms with E-state index in [1.165, 1.54) is 6.92 Å². The van der Waals surface area contributed by atoms with Crippen LogP contribution < -0.4 is 139 Å². The van der Waals surface area contributed by atoms with Crippen molar-refractivity contribution < 1.29 is 244 Å². The molecule has 2 saturated heterocycles. The quantitative estimate of drug-likeness (QED) is 0.0186. The van der Waals surface area contributed by atoms with Crippen molar-refractivity contribution in [3.63, 3.8) is 0 Å². The number of amides is 2. The minimum Gasteiger partial charge on any atom is -0.854 e. The second-order valence-corrected chi connectivity index (χ2v) is 22.2. The first-order valence-electron chi connectivity index (χ1n) is 24.9. The molecule has 2 aliphatic carbocycles. The SMILES string of the molecule is CCC1CC(C(=O)CCCNC(=O)c2cn(CC(C[O-])(COS(=O)(=O)[O-])COS(=O)(=O)[O-])nn2)C[C@@H](O[C@@H]2O[C@@H](CO)[C@H](O)C(O[C@@H](CC3CCCCC3)C(=O)[O-])C2NC(C)=O)[C@@H]1O[C@@H]1OC(C)[C@@H](O)[C@H](O)C1O.O=S(=O)=O.[Na+].[Na+].[Na+].[Na+]. The van der Waals surface area contributed by atoms with E-state index in [1.54, 1.807) is 6.92 Å². The summed E-state index contributed by atoms with van der Waals surface area (Å²) in [5.41, 5.74) is -2.53. The summed E-state index contributed by atoms with van der Waals surface area (Å²) >= 11 is 0. The summed E-state index contributed by atoms with van der Waals surface area (Å²) in [7, 11) is -13.9. The van der Waals surface area contributed by atoms with E-state index in [9.17, 15) is 80.9 Å². The van der Waals surface area contributed by atoms with Gasteiger partial charge < -0.3 is 84.0 Å². The zero-order chi connectivity index (χ0) is 58.3. The molecule has 0 aromatic carbocycles. The number of aromatic nitrogens is 3. The molecule has 0 bridgehead atoms. The third kappa shape index (κ3) is 26.3. The van der Waals surface area contributed by atoms with E-state index in [0.29, 0.717) is 6.42 Å². The molecule has 0 spiro atoms. The van der Waals surface area contributed by atoms with E-state index >= 15 is 0 Å². The fraction of sp³-hybridized carbons (Fsp3) is 0.860. The summed E-state index contributed by atoms with van der Waals surface area (Å²) in [5, 5.41) is 91.1. The second-order valence-electron chi connectivity index (χ2n) is 19.7. The number of aliphatic carboxylic acids is 1. The van der Waals surface area contributed by atoms with Crippen molar-refractivity contribution >= 4 is 55.0 Å². The fourth-order valence-corrected chi connectivity index (χ4v) is 10.6. The molecule has 82 heavy (non-hydrogen) atoms. The number of hydrogen-bond donors (Lipinski definition) is 7. The van der Waals surface area contributed by atoms with Crippen LogP contribution in [0.3, 0.4) is 0 Å². The van der Waals surface area contributed by atoms with Crippen LogP contribution in [0.5, 0.6) is 0 Å². The van der Waals surface area contributed by atoms with E-state index in [0.717, 1.165) is 49.9 Å². The normalized spacial score (nSPS) is 29.1. The third-order valence-electron chi connectivity index (χ3n) is 13.9. The molecular formula is C43H67N5Na4O27S3. The number of nitrogens with one attached hydrogen (secondary N) is 2. The van der Waals surface area contributed by atoms with Gasteiger partial charge in [-0.05, 0) is 44.4 Å². The van der Waals surface area contributed by atoms with Crippen LogP contribution in [0.4, 0.5) is 0 Å². The van der Waals surface area contributed by atoms with Crippen LogP contribution >= 0.6 is 0 Å². The number of aliphatic hydroxyl groups is 5. The molecule has 2 amide bonds. The molecule has 3 heterocycles. The van der Waals surface area contributed by atoms with Gasteiger partial charge in [-0.1, -0.05) is 50.7 Å². The molecule has 2 saturated carbocycles. The van der Waals surface area contributed by atoms with Gasteiger partial charge >= 0.3 is 129 Å². The number of aliphatic hydroxyl groups excluding tert-OH is 5. The van der Waals surface area contributed by atoms with Gasteiger partial charge in [0.2, 0.25) is 26.7 Å². The molecule has 1 aromatic heterocycles. The standard InChI is InChI=1S/C43H70N5O24S2.4Na.O3S/c1-4-25-14-26(28(52)11-8-12-44-39(57)27-16-48(47-46-27)18-43(19-50,20-66-73(60,61)62)21-67-74(63,64)65)15-29(37(25)72-42-36(56)35(55)33(53)22(2)68-42)70-41-32(45-23(3)51)38(34(54)31(17-49)71-41)69-30(40(58)59)13-24-9-6-5-7-10-24;;;;;1-4(2)3/h16,22,24-26,29-38,41-42,49,53-56H,4-15,17-21H2,1-3H3,(H,44,57)(H,45,51)(H,58,59)(H,60,61,62)(H,63,64,65);;;;;/q-1;4*+1;/p-3/t22?,25?,26?,29-,30+,31+,32?,33-,34+,35+,36?,37-,38?,41-,42+;;;;;/m1...../s1. The number of carboxylic acids is 1. The molecule has 5 rings (SSSR count). The van der Waals surface area contributed by atoms with Crippen molar-refractivity contribution in [2.75, 3.05) is 33.0 Å². The smallest absolute Gasteiger partial charge is 0.854 e. The molecule has 448 valence electrons. The van der Waals surface area contributed by atoms with Crippen LogP contribution in [-0.4, -0.2) is 215 Å². The molecule has 4 aliphatic rings. The summed E-state index contributed by atoms with van der Waals surface area (Å²) < 4.78 is 132. The van der Waals surface area contributed by atoms with E-state index in [4.69, 9.17) is 36.3 Å². The first-order chi connectivity index (χ1) is 36.5. The third-order valence-corrected chi connectivity index (χ3v) is 14.7. The Hall–Kier alpha value is 0.140. The Morgan fingerprint density at radius 3 is 2.00 bits per heavy atom. The number of hydrogen-bond acceptors (Lipinski definition) is 29. The first kappa shape index (κ1) is 82.1. The minimum absolute atomic E-state index is 0. The number of ether oxygens (including phenoxy) is 5. The first-order valence-corrected chi connectivity index (χ1v) is 28.5. The summed E-state index contributed by atoms with van der Waals surface area (Å²) in [6.45, 7) is -1.04. The van der Waals surface area contributed by atoms with Gasteiger partial charge in [-0.25, -0.2) is 16.8 Å².